The lowest BCUT2D eigenvalue weighted by Crippen LogP contribution is -2.22. The molecule has 0 spiro atoms. The summed E-state index contributed by atoms with van der Waals surface area (Å²) in [5.41, 5.74) is 2.81. The highest BCUT2D eigenvalue weighted by atomic mass is 35.5. The molecule has 122 valence electrons. The van der Waals surface area contributed by atoms with E-state index in [1.807, 2.05) is 30.3 Å². The topological polar surface area (TPSA) is 30.8 Å². The highest BCUT2D eigenvalue weighted by Crippen LogP contribution is 2.43. The number of nitrogens with zero attached hydrogens (tertiary/aromatic N) is 1. The molecule has 2 aliphatic heterocycles. The predicted molar refractivity (Wildman–Crippen MR) is 97.7 cm³/mol. The molecule has 3 nitrogen and oxygen atoms in total. The van der Waals surface area contributed by atoms with Crippen LogP contribution in [0, 0.1) is 0 Å². The Balaban J connectivity index is 1.69. The van der Waals surface area contributed by atoms with Gasteiger partial charge in [0.1, 0.15) is 6.61 Å². The fourth-order valence-corrected chi connectivity index (χ4v) is 3.43. The minimum absolute atomic E-state index is 0.313. The van der Waals surface area contributed by atoms with Crippen molar-refractivity contribution in [2.24, 2.45) is 4.99 Å². The van der Waals surface area contributed by atoms with E-state index < -0.39 is 0 Å². The van der Waals surface area contributed by atoms with E-state index in [1.165, 1.54) is 0 Å². The standard InChI is InChI=1S/C19H15Cl2NO2/c20-13-4-5-15(16(21)10-13)18-11-23-17-3-1-2-14(19(17)24-18)12-6-8-22-9-7-12/h1-6,9-10,18H,7-8,11H2/i9D. The van der Waals surface area contributed by atoms with E-state index in [4.69, 9.17) is 34.0 Å². The van der Waals surface area contributed by atoms with E-state index in [1.54, 1.807) is 12.1 Å². The molecule has 2 heterocycles. The Morgan fingerprint density at radius 2 is 2.12 bits per heavy atom. The first-order chi connectivity index (χ1) is 12.1. The van der Waals surface area contributed by atoms with Crippen molar-refractivity contribution in [1.82, 2.24) is 0 Å². The van der Waals surface area contributed by atoms with Gasteiger partial charge in [-0.15, -0.1) is 0 Å². The molecule has 5 heteroatoms. The maximum Gasteiger partial charge on any atom is 0.169 e. The van der Waals surface area contributed by atoms with Gasteiger partial charge in [-0.3, -0.25) is 4.99 Å². The summed E-state index contributed by atoms with van der Waals surface area (Å²) in [7, 11) is 0. The van der Waals surface area contributed by atoms with Crippen LogP contribution in [0.4, 0.5) is 0 Å². The summed E-state index contributed by atoms with van der Waals surface area (Å²) in [5, 5.41) is 1.14. The molecule has 0 N–H and O–H groups in total. The van der Waals surface area contributed by atoms with Crippen LogP contribution in [-0.4, -0.2) is 19.3 Å². The number of aliphatic imine (C=N–C) groups is 1. The van der Waals surface area contributed by atoms with Crippen LogP contribution in [0.2, 0.25) is 10.0 Å². The third kappa shape index (κ3) is 2.90. The number of para-hydroxylation sites is 1. The Morgan fingerprint density at radius 3 is 2.96 bits per heavy atom. The van der Waals surface area contributed by atoms with Crippen molar-refractivity contribution in [3.63, 3.8) is 0 Å². The van der Waals surface area contributed by atoms with Gasteiger partial charge in [0, 0.05) is 33.8 Å². The molecule has 0 radical (unpaired) electrons. The lowest BCUT2D eigenvalue weighted by Gasteiger charge is -2.29. The highest BCUT2D eigenvalue weighted by Gasteiger charge is 2.27. The van der Waals surface area contributed by atoms with Crippen LogP contribution in [0.3, 0.4) is 0 Å². The fourth-order valence-electron chi connectivity index (χ4n) is 2.90. The molecule has 0 amide bonds. The van der Waals surface area contributed by atoms with Crippen LogP contribution in [0.15, 0.2) is 47.5 Å². The Labute approximate surface area is 151 Å². The number of hydrogen-bond donors (Lipinski definition) is 0. The van der Waals surface area contributed by atoms with Crippen LogP contribution in [0.25, 0.3) is 5.57 Å². The zero-order chi connectivity index (χ0) is 17.4. The van der Waals surface area contributed by atoms with Gasteiger partial charge in [0.05, 0.1) is 7.92 Å². The van der Waals surface area contributed by atoms with E-state index >= 15 is 0 Å². The quantitative estimate of drug-likeness (QED) is 0.721. The number of dihydropyridines is 1. The van der Waals surface area contributed by atoms with Crippen LogP contribution in [-0.2, 0) is 0 Å². The van der Waals surface area contributed by atoms with E-state index in [9.17, 15) is 0 Å². The number of ether oxygens (including phenoxy) is 2. The average Bonchev–Trinajstić information content (AvgIpc) is 2.61. The maximum absolute atomic E-state index is 7.82. The second kappa shape index (κ2) is 6.50. The molecule has 2 aromatic carbocycles. The number of rotatable bonds is 2. The van der Waals surface area contributed by atoms with Crippen molar-refractivity contribution in [1.29, 1.82) is 0 Å². The normalized spacial score (nSPS) is 20.1. The number of benzene rings is 2. The monoisotopic (exact) mass is 360 g/mol. The zero-order valence-corrected chi connectivity index (χ0v) is 14.3. The lowest BCUT2D eigenvalue weighted by molar-refractivity contribution is 0.0909. The predicted octanol–water partition coefficient (Wildman–Crippen LogP) is 5.36. The zero-order valence-electron chi connectivity index (χ0n) is 13.8. The van der Waals surface area contributed by atoms with Crippen LogP contribution in [0.1, 0.15) is 25.0 Å². The average molecular weight is 361 g/mol. The van der Waals surface area contributed by atoms with Crippen molar-refractivity contribution < 1.29 is 10.8 Å². The van der Waals surface area contributed by atoms with E-state index in [-0.39, 0.29) is 6.10 Å². The van der Waals surface area contributed by atoms with Crippen molar-refractivity contribution >= 4 is 35.0 Å². The summed E-state index contributed by atoms with van der Waals surface area (Å²) >= 11 is 12.3. The van der Waals surface area contributed by atoms with E-state index in [0.29, 0.717) is 47.3 Å². The molecule has 0 aliphatic carbocycles. The Kier molecular flexibility index (Phi) is 3.89. The molecule has 0 fully saturated rings. The van der Waals surface area contributed by atoms with Gasteiger partial charge in [-0.05, 0) is 23.8 Å². The van der Waals surface area contributed by atoms with E-state index in [2.05, 4.69) is 4.99 Å². The first kappa shape index (κ1) is 14.4. The van der Waals surface area contributed by atoms with Crippen LogP contribution >= 0.6 is 23.2 Å². The highest BCUT2D eigenvalue weighted by molar-refractivity contribution is 6.35. The lowest BCUT2D eigenvalue weighted by atomic mass is 9.99. The SMILES string of the molecule is [2H]C1=NCC=C(c2cccc3c2OC(c2ccc(Cl)cc2Cl)CO3)C1. The molecule has 4 rings (SSSR count). The maximum atomic E-state index is 7.82. The number of allylic oxidation sites excluding steroid dienone is 1. The van der Waals surface area contributed by atoms with Gasteiger partial charge in [0.15, 0.2) is 17.6 Å². The summed E-state index contributed by atoms with van der Waals surface area (Å²) in [5.74, 6) is 1.39. The van der Waals surface area contributed by atoms with Gasteiger partial charge in [-0.2, -0.15) is 0 Å². The third-order valence-corrected chi connectivity index (χ3v) is 4.66. The molecule has 0 saturated heterocycles. The van der Waals surface area contributed by atoms with Gasteiger partial charge < -0.3 is 9.47 Å². The molecule has 1 atom stereocenters. The van der Waals surface area contributed by atoms with Gasteiger partial charge in [0.25, 0.3) is 0 Å². The second-order valence-electron chi connectivity index (χ2n) is 5.62. The van der Waals surface area contributed by atoms with Gasteiger partial charge in [-0.25, -0.2) is 0 Å². The van der Waals surface area contributed by atoms with Crippen molar-refractivity contribution in [3.8, 4) is 11.5 Å². The molecule has 2 aromatic rings. The molecular formula is C19H15Cl2NO2. The molecule has 2 aliphatic rings. The first-order valence-electron chi connectivity index (χ1n) is 8.18. The molecule has 24 heavy (non-hydrogen) atoms. The minimum Gasteiger partial charge on any atom is -0.485 e. The van der Waals surface area contributed by atoms with Gasteiger partial charge in [-0.1, -0.05) is 47.5 Å². The summed E-state index contributed by atoms with van der Waals surface area (Å²) in [4.78, 5) is 4.10. The van der Waals surface area contributed by atoms with Crippen molar-refractivity contribution in [2.75, 3.05) is 13.2 Å². The molecule has 0 saturated carbocycles. The molecular weight excluding hydrogens is 345 g/mol. The molecule has 0 bridgehead atoms. The number of fused-ring (bicyclic) bond motifs is 1. The van der Waals surface area contributed by atoms with Crippen LogP contribution < -0.4 is 9.47 Å². The number of hydrogen-bond acceptors (Lipinski definition) is 3. The summed E-state index contributed by atoms with van der Waals surface area (Å²) in [6.07, 6.45) is 2.58. The second-order valence-corrected chi connectivity index (χ2v) is 6.46. The Bertz CT molecular complexity index is 895. The Morgan fingerprint density at radius 1 is 1.21 bits per heavy atom. The molecule has 1 unspecified atom stereocenters. The van der Waals surface area contributed by atoms with Crippen LogP contribution in [0.5, 0.6) is 11.5 Å². The molecule has 0 aromatic heterocycles. The van der Waals surface area contributed by atoms with Crippen molar-refractivity contribution in [2.45, 2.75) is 12.5 Å². The first-order valence-corrected chi connectivity index (χ1v) is 8.44. The minimum atomic E-state index is -0.313. The smallest absolute Gasteiger partial charge is 0.169 e. The summed E-state index contributed by atoms with van der Waals surface area (Å²) in [6.45, 7) is 0.896. The van der Waals surface area contributed by atoms with E-state index in [0.717, 1.165) is 16.7 Å². The van der Waals surface area contributed by atoms with Gasteiger partial charge >= 0.3 is 0 Å². The van der Waals surface area contributed by atoms with Crippen molar-refractivity contribution in [3.05, 3.63) is 63.6 Å². The summed E-state index contributed by atoms with van der Waals surface area (Å²) in [6, 6.07) is 11.2. The summed E-state index contributed by atoms with van der Waals surface area (Å²) < 4.78 is 20.0. The third-order valence-electron chi connectivity index (χ3n) is 4.09. The fraction of sp³-hybridized carbons (Fsp3) is 0.211. The Hall–Kier alpha value is -1.97. The largest absolute Gasteiger partial charge is 0.485 e. The number of halogens is 2. The van der Waals surface area contributed by atoms with Gasteiger partial charge in [0.2, 0.25) is 0 Å².